The molecule has 148 valence electrons. The van der Waals surface area contributed by atoms with Gasteiger partial charge in [-0.3, -0.25) is 0 Å². The van der Waals surface area contributed by atoms with E-state index in [4.69, 9.17) is 4.74 Å². The fourth-order valence-corrected chi connectivity index (χ4v) is 2.90. The Morgan fingerprint density at radius 1 is 1.00 bits per heavy atom. The summed E-state index contributed by atoms with van der Waals surface area (Å²) in [5, 5.41) is 0. The third-order valence-corrected chi connectivity index (χ3v) is 4.50. The van der Waals surface area contributed by atoms with Crippen molar-refractivity contribution in [2.24, 2.45) is 0 Å². The van der Waals surface area contributed by atoms with Crippen LogP contribution < -0.4 is 4.74 Å². The van der Waals surface area contributed by atoms with Crippen LogP contribution in [0.3, 0.4) is 0 Å². The van der Waals surface area contributed by atoms with Gasteiger partial charge in [-0.1, -0.05) is 39.5 Å². The normalized spacial score (nSPS) is 12.1. The molecule has 1 heterocycles. The van der Waals surface area contributed by atoms with Gasteiger partial charge in [-0.05, 0) is 43.0 Å². The van der Waals surface area contributed by atoms with E-state index >= 15 is 0 Å². The molecular formula is C22H30F2N2O. The number of rotatable bonds is 12. The summed E-state index contributed by atoms with van der Waals surface area (Å²) in [6.07, 6.45) is 10.1. The van der Waals surface area contributed by atoms with Crippen molar-refractivity contribution >= 4 is 0 Å². The van der Waals surface area contributed by atoms with Gasteiger partial charge in [0.15, 0.2) is 17.4 Å². The average Bonchev–Trinajstić information content (AvgIpc) is 2.67. The third-order valence-electron chi connectivity index (χ3n) is 4.50. The molecule has 2 aromatic rings. The maximum absolute atomic E-state index is 14.3. The zero-order chi connectivity index (χ0) is 19.5. The van der Waals surface area contributed by atoms with E-state index in [2.05, 4.69) is 16.9 Å². The summed E-state index contributed by atoms with van der Waals surface area (Å²) in [7, 11) is 0. The highest BCUT2D eigenvalue weighted by atomic mass is 19.1. The van der Waals surface area contributed by atoms with E-state index in [9.17, 15) is 8.78 Å². The van der Waals surface area contributed by atoms with Gasteiger partial charge in [0, 0.05) is 24.4 Å². The van der Waals surface area contributed by atoms with Crippen LogP contribution in [0.1, 0.15) is 64.4 Å². The molecule has 27 heavy (non-hydrogen) atoms. The molecule has 1 aromatic heterocycles. The summed E-state index contributed by atoms with van der Waals surface area (Å²) in [4.78, 5) is 8.71. The van der Waals surface area contributed by atoms with E-state index in [1.165, 1.54) is 25.3 Å². The SMILES string of the molecule is CCCCCCc1cnc(-c2ccc(OCCC(F)CCC)c(F)c2)nc1. The van der Waals surface area contributed by atoms with Gasteiger partial charge >= 0.3 is 0 Å². The van der Waals surface area contributed by atoms with Crippen molar-refractivity contribution in [1.82, 2.24) is 9.97 Å². The van der Waals surface area contributed by atoms with Gasteiger partial charge in [-0.25, -0.2) is 18.7 Å². The number of ether oxygens (including phenoxy) is 1. The molecule has 0 radical (unpaired) electrons. The van der Waals surface area contributed by atoms with Gasteiger partial charge in [0.1, 0.15) is 6.17 Å². The lowest BCUT2D eigenvalue weighted by Gasteiger charge is -2.10. The van der Waals surface area contributed by atoms with E-state index in [1.54, 1.807) is 12.1 Å². The van der Waals surface area contributed by atoms with Gasteiger partial charge in [-0.15, -0.1) is 0 Å². The Bertz CT molecular complexity index is 677. The Balaban J connectivity index is 1.90. The predicted molar refractivity (Wildman–Crippen MR) is 105 cm³/mol. The second-order valence-electron chi connectivity index (χ2n) is 6.89. The van der Waals surface area contributed by atoms with Crippen LogP contribution in [0.2, 0.25) is 0 Å². The number of hydrogen-bond donors (Lipinski definition) is 0. The molecule has 5 heteroatoms. The third kappa shape index (κ3) is 7.24. The molecule has 2 rings (SSSR count). The lowest BCUT2D eigenvalue weighted by Crippen LogP contribution is -2.08. The molecular weight excluding hydrogens is 346 g/mol. The van der Waals surface area contributed by atoms with Gasteiger partial charge in [0.05, 0.1) is 6.61 Å². The van der Waals surface area contributed by atoms with Gasteiger partial charge in [-0.2, -0.15) is 0 Å². The largest absolute Gasteiger partial charge is 0.490 e. The van der Waals surface area contributed by atoms with Crippen LogP contribution in [0.25, 0.3) is 11.4 Å². The predicted octanol–water partition coefficient (Wildman–Crippen LogP) is 6.31. The Kier molecular flexibility index (Phi) is 9.16. The highest BCUT2D eigenvalue weighted by Gasteiger charge is 2.10. The van der Waals surface area contributed by atoms with Crippen LogP contribution in [-0.4, -0.2) is 22.7 Å². The highest BCUT2D eigenvalue weighted by molar-refractivity contribution is 5.56. The summed E-state index contributed by atoms with van der Waals surface area (Å²) in [5.41, 5.74) is 1.70. The van der Waals surface area contributed by atoms with Crippen LogP contribution >= 0.6 is 0 Å². The molecule has 0 saturated carbocycles. The summed E-state index contributed by atoms with van der Waals surface area (Å²) in [6.45, 7) is 4.30. The number of aromatic nitrogens is 2. The number of alkyl halides is 1. The molecule has 0 aliphatic heterocycles. The lowest BCUT2D eigenvalue weighted by atomic mass is 10.1. The number of nitrogens with zero attached hydrogens (tertiary/aromatic N) is 2. The van der Waals surface area contributed by atoms with Crippen molar-refractivity contribution in [2.45, 2.75) is 71.4 Å². The van der Waals surface area contributed by atoms with Crippen molar-refractivity contribution in [3.05, 3.63) is 42.0 Å². The van der Waals surface area contributed by atoms with Gasteiger partial charge in [0.2, 0.25) is 0 Å². The summed E-state index contributed by atoms with van der Waals surface area (Å²) in [6, 6.07) is 4.65. The molecule has 0 aliphatic carbocycles. The number of halogens is 2. The number of unbranched alkanes of at least 4 members (excludes halogenated alkanes) is 3. The van der Waals surface area contributed by atoms with Crippen molar-refractivity contribution in [1.29, 1.82) is 0 Å². The molecule has 1 unspecified atom stereocenters. The maximum Gasteiger partial charge on any atom is 0.165 e. The minimum absolute atomic E-state index is 0.134. The summed E-state index contributed by atoms with van der Waals surface area (Å²) in [5.74, 6) is 0.144. The van der Waals surface area contributed by atoms with Crippen molar-refractivity contribution < 1.29 is 13.5 Å². The molecule has 0 spiro atoms. The smallest absolute Gasteiger partial charge is 0.165 e. The molecule has 3 nitrogen and oxygen atoms in total. The first-order valence-corrected chi connectivity index (χ1v) is 10.0. The minimum Gasteiger partial charge on any atom is -0.490 e. The Morgan fingerprint density at radius 3 is 2.44 bits per heavy atom. The second-order valence-corrected chi connectivity index (χ2v) is 6.89. The fraction of sp³-hybridized carbons (Fsp3) is 0.545. The fourth-order valence-electron chi connectivity index (χ4n) is 2.90. The quantitative estimate of drug-likeness (QED) is 0.407. The topological polar surface area (TPSA) is 35.0 Å². The van der Waals surface area contributed by atoms with E-state index in [-0.39, 0.29) is 18.8 Å². The van der Waals surface area contributed by atoms with Crippen LogP contribution in [0.5, 0.6) is 5.75 Å². The van der Waals surface area contributed by atoms with E-state index < -0.39 is 12.0 Å². The van der Waals surface area contributed by atoms with Gasteiger partial charge in [0.25, 0.3) is 0 Å². The van der Waals surface area contributed by atoms with E-state index in [1.807, 2.05) is 19.3 Å². The molecule has 0 saturated heterocycles. The Morgan fingerprint density at radius 2 is 1.78 bits per heavy atom. The van der Waals surface area contributed by atoms with E-state index in [0.717, 1.165) is 24.8 Å². The number of hydrogen-bond acceptors (Lipinski definition) is 3. The highest BCUT2D eigenvalue weighted by Crippen LogP contribution is 2.24. The van der Waals surface area contributed by atoms with E-state index in [0.29, 0.717) is 17.8 Å². The first-order valence-electron chi connectivity index (χ1n) is 10.0. The summed E-state index contributed by atoms with van der Waals surface area (Å²) >= 11 is 0. The molecule has 0 N–H and O–H groups in total. The van der Waals surface area contributed by atoms with Crippen LogP contribution in [0.4, 0.5) is 8.78 Å². The van der Waals surface area contributed by atoms with Crippen molar-refractivity contribution in [3.8, 4) is 17.1 Å². The molecule has 1 atom stereocenters. The maximum atomic E-state index is 14.3. The van der Waals surface area contributed by atoms with Crippen molar-refractivity contribution in [2.75, 3.05) is 6.61 Å². The number of benzene rings is 1. The molecule has 0 fully saturated rings. The Hall–Kier alpha value is -2.04. The van der Waals surface area contributed by atoms with Gasteiger partial charge < -0.3 is 4.74 Å². The first kappa shape index (κ1) is 21.3. The van der Waals surface area contributed by atoms with Crippen LogP contribution in [-0.2, 0) is 6.42 Å². The monoisotopic (exact) mass is 376 g/mol. The van der Waals surface area contributed by atoms with Crippen LogP contribution in [0.15, 0.2) is 30.6 Å². The second kappa shape index (κ2) is 11.6. The summed E-state index contributed by atoms with van der Waals surface area (Å²) < 4.78 is 33.1. The van der Waals surface area contributed by atoms with Crippen LogP contribution in [0, 0.1) is 5.82 Å². The zero-order valence-corrected chi connectivity index (χ0v) is 16.4. The lowest BCUT2D eigenvalue weighted by molar-refractivity contribution is 0.220. The standard InChI is InChI=1S/C22H30F2N2O/c1-3-5-6-7-9-17-15-25-22(26-16-17)18-10-11-21(20(24)14-18)27-13-12-19(23)8-4-2/h10-11,14-16,19H,3-9,12-13H2,1-2H3. The zero-order valence-electron chi connectivity index (χ0n) is 16.4. The molecule has 0 amide bonds. The van der Waals surface area contributed by atoms with Crippen molar-refractivity contribution in [3.63, 3.8) is 0 Å². The minimum atomic E-state index is -0.897. The molecule has 0 bridgehead atoms. The Labute approximate surface area is 161 Å². The average molecular weight is 376 g/mol. The first-order chi connectivity index (χ1) is 13.1. The molecule has 1 aromatic carbocycles. The molecule has 0 aliphatic rings. The number of aryl methyl sites for hydroxylation is 1.